The van der Waals surface area contributed by atoms with E-state index >= 15 is 0 Å². The third-order valence-electron chi connectivity index (χ3n) is 4.10. The Hall–Kier alpha value is -1.10. The Morgan fingerprint density at radius 2 is 2.19 bits per heavy atom. The highest BCUT2D eigenvalue weighted by atomic mass is 35.5. The first kappa shape index (κ1) is 16.3. The fourth-order valence-corrected chi connectivity index (χ4v) is 2.97. The molecule has 1 aromatic carbocycles. The first-order chi connectivity index (χ1) is 10.1. The molecule has 1 heterocycles. The van der Waals surface area contributed by atoms with Gasteiger partial charge in [-0.3, -0.25) is 4.79 Å². The van der Waals surface area contributed by atoms with Gasteiger partial charge in [0.25, 0.3) is 0 Å². The lowest BCUT2D eigenvalue weighted by Gasteiger charge is -2.37. The SMILES string of the molecule is CC(CCO)NC(=O)C1(c2cccc(Cl)c2)CCOCC1. The zero-order valence-corrected chi connectivity index (χ0v) is 13.0. The predicted octanol–water partition coefficient (Wildman–Crippen LogP) is 2.28. The van der Waals surface area contributed by atoms with Crippen LogP contribution in [0.25, 0.3) is 0 Å². The summed E-state index contributed by atoms with van der Waals surface area (Å²) in [4.78, 5) is 12.8. The van der Waals surface area contributed by atoms with Crippen molar-refractivity contribution in [2.75, 3.05) is 19.8 Å². The summed E-state index contributed by atoms with van der Waals surface area (Å²) in [5.41, 5.74) is 0.347. The van der Waals surface area contributed by atoms with Gasteiger partial charge in [0.15, 0.2) is 0 Å². The van der Waals surface area contributed by atoms with Crippen LogP contribution in [0.2, 0.25) is 5.02 Å². The largest absolute Gasteiger partial charge is 0.396 e. The number of aliphatic hydroxyl groups excluding tert-OH is 1. The third kappa shape index (κ3) is 3.76. The molecule has 21 heavy (non-hydrogen) atoms. The number of aliphatic hydroxyl groups is 1. The monoisotopic (exact) mass is 311 g/mol. The summed E-state index contributed by atoms with van der Waals surface area (Å²) >= 11 is 6.09. The molecule has 1 aliphatic rings. The number of hydrogen-bond donors (Lipinski definition) is 2. The highest BCUT2D eigenvalue weighted by Gasteiger charge is 2.42. The number of halogens is 1. The zero-order chi connectivity index (χ0) is 15.3. The Labute approximate surface area is 130 Å². The fraction of sp³-hybridized carbons (Fsp3) is 0.562. The number of nitrogens with one attached hydrogen (secondary N) is 1. The standard InChI is InChI=1S/C16H22ClNO3/c1-12(5-8-19)18-15(20)16(6-9-21-10-7-16)13-3-2-4-14(17)11-13/h2-4,11-12,19H,5-10H2,1H3,(H,18,20). The molecule has 0 aliphatic carbocycles. The molecule has 116 valence electrons. The molecule has 0 bridgehead atoms. The van der Waals surface area contributed by atoms with Crippen LogP contribution in [0.1, 0.15) is 31.7 Å². The summed E-state index contributed by atoms with van der Waals surface area (Å²) in [6, 6.07) is 7.45. The van der Waals surface area contributed by atoms with Crippen molar-refractivity contribution >= 4 is 17.5 Å². The van der Waals surface area contributed by atoms with Gasteiger partial charge in [0.1, 0.15) is 0 Å². The smallest absolute Gasteiger partial charge is 0.231 e. The van der Waals surface area contributed by atoms with E-state index in [9.17, 15) is 4.79 Å². The maximum atomic E-state index is 12.8. The quantitative estimate of drug-likeness (QED) is 0.877. The van der Waals surface area contributed by atoms with Crippen molar-refractivity contribution < 1.29 is 14.6 Å². The van der Waals surface area contributed by atoms with Crippen molar-refractivity contribution in [3.05, 3.63) is 34.9 Å². The van der Waals surface area contributed by atoms with E-state index in [1.54, 1.807) is 0 Å². The normalized spacial score (nSPS) is 19.0. The number of carbonyl (C=O) groups is 1. The van der Waals surface area contributed by atoms with Crippen molar-refractivity contribution in [2.24, 2.45) is 0 Å². The molecule has 0 radical (unpaired) electrons. The molecule has 5 heteroatoms. The van der Waals surface area contributed by atoms with Crippen LogP contribution in [0.4, 0.5) is 0 Å². The molecular weight excluding hydrogens is 290 g/mol. The summed E-state index contributed by atoms with van der Waals surface area (Å²) in [5.74, 6) is -0.00554. The topological polar surface area (TPSA) is 58.6 Å². The molecule has 1 fully saturated rings. The van der Waals surface area contributed by atoms with Gasteiger partial charge in [-0.25, -0.2) is 0 Å². The molecule has 0 spiro atoms. The van der Waals surface area contributed by atoms with Crippen molar-refractivity contribution in [3.63, 3.8) is 0 Å². The first-order valence-corrected chi connectivity index (χ1v) is 7.72. The van der Waals surface area contributed by atoms with Gasteiger partial charge >= 0.3 is 0 Å². The van der Waals surface area contributed by atoms with Gasteiger partial charge in [0.05, 0.1) is 5.41 Å². The maximum absolute atomic E-state index is 12.8. The Morgan fingerprint density at radius 3 is 2.81 bits per heavy atom. The van der Waals surface area contributed by atoms with Gasteiger partial charge in [0, 0.05) is 30.9 Å². The van der Waals surface area contributed by atoms with Crippen LogP contribution in [0, 0.1) is 0 Å². The molecule has 1 unspecified atom stereocenters. The second kappa shape index (κ2) is 7.25. The van der Waals surface area contributed by atoms with E-state index < -0.39 is 5.41 Å². The molecule has 2 rings (SSSR count). The molecule has 0 aromatic heterocycles. The van der Waals surface area contributed by atoms with Gasteiger partial charge in [-0.15, -0.1) is 0 Å². The van der Waals surface area contributed by atoms with Gasteiger partial charge in [-0.1, -0.05) is 23.7 Å². The van der Waals surface area contributed by atoms with Crippen LogP contribution < -0.4 is 5.32 Å². The first-order valence-electron chi connectivity index (χ1n) is 7.34. The molecule has 1 aliphatic heterocycles. The summed E-state index contributed by atoms with van der Waals surface area (Å²) in [6.07, 6.45) is 1.84. The van der Waals surface area contributed by atoms with E-state index in [0.29, 0.717) is 37.5 Å². The lowest BCUT2D eigenvalue weighted by atomic mass is 9.73. The highest BCUT2D eigenvalue weighted by molar-refractivity contribution is 6.30. The van der Waals surface area contributed by atoms with E-state index in [4.69, 9.17) is 21.4 Å². The second-order valence-electron chi connectivity index (χ2n) is 5.59. The molecule has 0 saturated carbocycles. The number of ether oxygens (including phenoxy) is 1. The molecule has 1 saturated heterocycles. The van der Waals surface area contributed by atoms with Crippen LogP contribution in [-0.4, -0.2) is 36.9 Å². The van der Waals surface area contributed by atoms with Crippen molar-refractivity contribution in [2.45, 2.75) is 37.6 Å². The Bertz CT molecular complexity index is 486. The van der Waals surface area contributed by atoms with Crippen molar-refractivity contribution in [1.29, 1.82) is 0 Å². The van der Waals surface area contributed by atoms with Crippen molar-refractivity contribution in [1.82, 2.24) is 5.32 Å². The summed E-state index contributed by atoms with van der Waals surface area (Å²) in [7, 11) is 0. The van der Waals surface area contributed by atoms with Crippen LogP contribution in [0.15, 0.2) is 24.3 Å². The molecule has 1 atom stereocenters. The van der Waals surface area contributed by atoms with Gasteiger partial charge in [0.2, 0.25) is 5.91 Å². The molecule has 1 aromatic rings. The van der Waals surface area contributed by atoms with E-state index in [1.165, 1.54) is 0 Å². The second-order valence-corrected chi connectivity index (χ2v) is 6.03. The Kier molecular flexibility index (Phi) is 5.62. The average molecular weight is 312 g/mol. The van der Waals surface area contributed by atoms with E-state index in [2.05, 4.69) is 5.32 Å². The Balaban J connectivity index is 2.26. The average Bonchev–Trinajstić information content (AvgIpc) is 2.48. The molecule has 1 amide bonds. The summed E-state index contributed by atoms with van der Waals surface area (Å²) in [6.45, 7) is 3.09. The summed E-state index contributed by atoms with van der Waals surface area (Å²) < 4.78 is 5.43. The van der Waals surface area contributed by atoms with Crippen LogP contribution in [0.5, 0.6) is 0 Å². The van der Waals surface area contributed by atoms with Crippen LogP contribution in [-0.2, 0) is 14.9 Å². The minimum atomic E-state index is -0.590. The zero-order valence-electron chi connectivity index (χ0n) is 12.3. The van der Waals surface area contributed by atoms with Gasteiger partial charge in [-0.05, 0) is 43.9 Å². The highest BCUT2D eigenvalue weighted by Crippen LogP contribution is 2.36. The molecular formula is C16H22ClNO3. The summed E-state index contributed by atoms with van der Waals surface area (Å²) in [5, 5.41) is 12.6. The van der Waals surface area contributed by atoms with E-state index in [0.717, 1.165) is 5.56 Å². The fourth-order valence-electron chi connectivity index (χ4n) is 2.78. The van der Waals surface area contributed by atoms with E-state index in [-0.39, 0.29) is 18.6 Å². The Morgan fingerprint density at radius 1 is 1.48 bits per heavy atom. The minimum Gasteiger partial charge on any atom is -0.396 e. The molecule has 2 N–H and O–H groups in total. The number of hydrogen-bond acceptors (Lipinski definition) is 3. The number of rotatable bonds is 5. The van der Waals surface area contributed by atoms with Crippen LogP contribution in [0.3, 0.4) is 0 Å². The van der Waals surface area contributed by atoms with E-state index in [1.807, 2.05) is 31.2 Å². The predicted molar refractivity (Wildman–Crippen MR) is 82.5 cm³/mol. The minimum absolute atomic E-state index is 0.00554. The van der Waals surface area contributed by atoms with Crippen molar-refractivity contribution in [3.8, 4) is 0 Å². The number of carbonyl (C=O) groups excluding carboxylic acids is 1. The third-order valence-corrected chi connectivity index (χ3v) is 4.33. The van der Waals surface area contributed by atoms with Gasteiger partial charge in [-0.2, -0.15) is 0 Å². The lowest BCUT2D eigenvalue weighted by Crippen LogP contribution is -2.50. The number of amides is 1. The number of benzene rings is 1. The van der Waals surface area contributed by atoms with Crippen LogP contribution >= 0.6 is 11.6 Å². The molecule has 4 nitrogen and oxygen atoms in total. The lowest BCUT2D eigenvalue weighted by molar-refractivity contribution is -0.131. The maximum Gasteiger partial charge on any atom is 0.231 e. The van der Waals surface area contributed by atoms with Gasteiger partial charge < -0.3 is 15.2 Å².